The van der Waals surface area contributed by atoms with E-state index < -0.39 is 0 Å². The molecule has 1 unspecified atom stereocenters. The van der Waals surface area contributed by atoms with Gasteiger partial charge in [0.2, 0.25) is 5.91 Å². The van der Waals surface area contributed by atoms with E-state index >= 15 is 0 Å². The van der Waals surface area contributed by atoms with Crippen molar-refractivity contribution < 1.29 is 9.53 Å². The standard InChI is InChI=1S/C12H24N2O2/c1-10(2)12(5-7-13-9-12)11(15)14-6-4-8-16-3/h10,13H,4-9H2,1-3H3,(H,14,15). The van der Waals surface area contributed by atoms with Crippen LogP contribution in [0.25, 0.3) is 0 Å². The molecule has 0 aromatic carbocycles. The van der Waals surface area contributed by atoms with Gasteiger partial charge in [0, 0.05) is 26.8 Å². The van der Waals surface area contributed by atoms with Crippen molar-refractivity contribution in [3.8, 4) is 0 Å². The third kappa shape index (κ3) is 2.95. The van der Waals surface area contributed by atoms with Crippen LogP contribution in [0.2, 0.25) is 0 Å². The Kier molecular flexibility index (Phi) is 5.22. The van der Waals surface area contributed by atoms with Crippen LogP contribution in [-0.4, -0.2) is 39.3 Å². The third-order valence-electron chi connectivity index (χ3n) is 3.56. The summed E-state index contributed by atoms with van der Waals surface area (Å²) in [5.41, 5.74) is -0.201. The lowest BCUT2D eigenvalue weighted by Crippen LogP contribution is -2.46. The van der Waals surface area contributed by atoms with Crippen LogP contribution in [0.3, 0.4) is 0 Å². The van der Waals surface area contributed by atoms with Gasteiger partial charge in [-0.25, -0.2) is 0 Å². The van der Waals surface area contributed by atoms with Crippen molar-refractivity contribution in [2.75, 3.05) is 33.4 Å². The molecule has 4 nitrogen and oxygen atoms in total. The molecule has 1 aliphatic heterocycles. The molecule has 0 spiro atoms. The number of methoxy groups -OCH3 is 1. The van der Waals surface area contributed by atoms with Crippen LogP contribution < -0.4 is 10.6 Å². The summed E-state index contributed by atoms with van der Waals surface area (Å²) in [5.74, 6) is 0.577. The molecule has 1 heterocycles. The third-order valence-corrected chi connectivity index (χ3v) is 3.56. The Morgan fingerprint density at radius 2 is 2.31 bits per heavy atom. The van der Waals surface area contributed by atoms with Crippen LogP contribution in [0.4, 0.5) is 0 Å². The summed E-state index contributed by atoms with van der Waals surface area (Å²) < 4.78 is 4.96. The zero-order valence-corrected chi connectivity index (χ0v) is 10.6. The molecule has 4 heteroatoms. The molecule has 0 aliphatic carbocycles. The summed E-state index contributed by atoms with van der Waals surface area (Å²) >= 11 is 0. The normalized spacial score (nSPS) is 25.0. The zero-order chi connectivity index (χ0) is 12.0. The van der Waals surface area contributed by atoms with Gasteiger partial charge >= 0.3 is 0 Å². The fourth-order valence-electron chi connectivity index (χ4n) is 2.25. The smallest absolute Gasteiger partial charge is 0.227 e. The number of hydrogen-bond donors (Lipinski definition) is 2. The fourth-order valence-corrected chi connectivity index (χ4v) is 2.25. The molecule has 1 fully saturated rings. The highest BCUT2D eigenvalue weighted by Crippen LogP contribution is 2.34. The molecule has 16 heavy (non-hydrogen) atoms. The average Bonchev–Trinajstić information content (AvgIpc) is 2.74. The summed E-state index contributed by atoms with van der Waals surface area (Å²) in [7, 11) is 1.68. The highest BCUT2D eigenvalue weighted by Gasteiger charge is 2.43. The Balaban J connectivity index is 2.43. The molecular weight excluding hydrogens is 204 g/mol. The predicted octanol–water partition coefficient (Wildman–Crippen LogP) is 0.775. The lowest BCUT2D eigenvalue weighted by Gasteiger charge is -2.31. The number of rotatable bonds is 6. The molecule has 2 N–H and O–H groups in total. The van der Waals surface area contributed by atoms with Crippen molar-refractivity contribution in [1.82, 2.24) is 10.6 Å². The van der Waals surface area contributed by atoms with E-state index in [1.807, 2.05) is 0 Å². The Labute approximate surface area is 98.1 Å². The van der Waals surface area contributed by atoms with Crippen LogP contribution >= 0.6 is 0 Å². The maximum atomic E-state index is 12.2. The summed E-state index contributed by atoms with van der Waals surface area (Å²) in [6.45, 7) is 7.42. The van der Waals surface area contributed by atoms with Crippen LogP contribution in [0.1, 0.15) is 26.7 Å². The Bertz CT molecular complexity index is 223. The van der Waals surface area contributed by atoms with Gasteiger partial charge in [0.1, 0.15) is 0 Å². The Morgan fingerprint density at radius 1 is 1.56 bits per heavy atom. The lowest BCUT2D eigenvalue weighted by molar-refractivity contribution is -0.132. The van der Waals surface area contributed by atoms with Crippen LogP contribution in [0.15, 0.2) is 0 Å². The molecule has 0 saturated carbocycles. The molecule has 0 aromatic heterocycles. The summed E-state index contributed by atoms with van der Waals surface area (Å²) in [4.78, 5) is 12.2. The highest BCUT2D eigenvalue weighted by atomic mass is 16.5. The maximum absolute atomic E-state index is 12.2. The van der Waals surface area contributed by atoms with Gasteiger partial charge in [-0.15, -0.1) is 0 Å². The van der Waals surface area contributed by atoms with Crippen molar-refractivity contribution in [2.45, 2.75) is 26.7 Å². The molecule has 1 aliphatic rings. The molecule has 94 valence electrons. The minimum absolute atomic E-state index is 0.198. The molecule has 1 rings (SSSR count). The van der Waals surface area contributed by atoms with Crippen molar-refractivity contribution >= 4 is 5.91 Å². The van der Waals surface area contributed by atoms with Crippen LogP contribution in [0.5, 0.6) is 0 Å². The van der Waals surface area contributed by atoms with E-state index in [0.29, 0.717) is 19.1 Å². The zero-order valence-electron chi connectivity index (χ0n) is 10.6. The first kappa shape index (κ1) is 13.5. The molecule has 0 bridgehead atoms. The van der Waals surface area contributed by atoms with Gasteiger partial charge in [-0.05, 0) is 25.3 Å². The first-order valence-electron chi connectivity index (χ1n) is 6.11. The summed E-state index contributed by atoms with van der Waals surface area (Å²) in [5, 5.41) is 6.31. The minimum atomic E-state index is -0.201. The maximum Gasteiger partial charge on any atom is 0.227 e. The second kappa shape index (κ2) is 6.21. The molecule has 1 amide bonds. The van der Waals surface area contributed by atoms with E-state index in [1.54, 1.807) is 7.11 Å². The molecular formula is C12H24N2O2. The first-order chi connectivity index (χ1) is 7.63. The van der Waals surface area contributed by atoms with Crippen LogP contribution in [-0.2, 0) is 9.53 Å². The van der Waals surface area contributed by atoms with Crippen LogP contribution in [0, 0.1) is 11.3 Å². The largest absolute Gasteiger partial charge is 0.385 e. The first-order valence-corrected chi connectivity index (χ1v) is 6.11. The number of amides is 1. The van der Waals surface area contributed by atoms with Gasteiger partial charge in [-0.2, -0.15) is 0 Å². The van der Waals surface area contributed by atoms with Gasteiger partial charge in [0.25, 0.3) is 0 Å². The SMILES string of the molecule is COCCCNC(=O)C1(C(C)C)CCNC1. The van der Waals surface area contributed by atoms with Gasteiger partial charge in [0.15, 0.2) is 0 Å². The predicted molar refractivity (Wildman–Crippen MR) is 64.3 cm³/mol. The summed E-state index contributed by atoms with van der Waals surface area (Å²) in [6.07, 6.45) is 1.82. The van der Waals surface area contributed by atoms with Gasteiger partial charge < -0.3 is 15.4 Å². The number of nitrogens with one attached hydrogen (secondary N) is 2. The minimum Gasteiger partial charge on any atom is -0.385 e. The number of ether oxygens (including phenoxy) is 1. The second-order valence-corrected chi connectivity index (χ2v) is 4.84. The van der Waals surface area contributed by atoms with E-state index in [9.17, 15) is 4.79 Å². The molecule has 1 saturated heterocycles. The Morgan fingerprint density at radius 3 is 2.81 bits per heavy atom. The van der Waals surface area contributed by atoms with E-state index in [1.165, 1.54) is 0 Å². The van der Waals surface area contributed by atoms with E-state index in [2.05, 4.69) is 24.5 Å². The number of carbonyl (C=O) groups is 1. The topological polar surface area (TPSA) is 50.4 Å². The average molecular weight is 228 g/mol. The van der Waals surface area contributed by atoms with Crippen molar-refractivity contribution in [1.29, 1.82) is 0 Å². The van der Waals surface area contributed by atoms with Crippen molar-refractivity contribution in [3.05, 3.63) is 0 Å². The number of hydrogen-bond acceptors (Lipinski definition) is 3. The molecule has 0 radical (unpaired) electrons. The van der Waals surface area contributed by atoms with Crippen molar-refractivity contribution in [2.24, 2.45) is 11.3 Å². The van der Waals surface area contributed by atoms with Gasteiger partial charge in [-0.3, -0.25) is 4.79 Å². The molecule has 0 aromatic rings. The molecule has 1 atom stereocenters. The van der Waals surface area contributed by atoms with Gasteiger partial charge in [0.05, 0.1) is 5.41 Å². The number of carbonyl (C=O) groups excluding carboxylic acids is 1. The van der Waals surface area contributed by atoms with E-state index in [4.69, 9.17) is 4.74 Å². The Hall–Kier alpha value is -0.610. The highest BCUT2D eigenvalue weighted by molar-refractivity contribution is 5.83. The van der Waals surface area contributed by atoms with Gasteiger partial charge in [-0.1, -0.05) is 13.8 Å². The summed E-state index contributed by atoms with van der Waals surface area (Å²) in [6, 6.07) is 0. The second-order valence-electron chi connectivity index (χ2n) is 4.84. The van der Waals surface area contributed by atoms with Crippen molar-refractivity contribution in [3.63, 3.8) is 0 Å². The quantitative estimate of drug-likeness (QED) is 0.660. The van der Waals surface area contributed by atoms with E-state index in [-0.39, 0.29) is 11.3 Å². The van der Waals surface area contributed by atoms with E-state index in [0.717, 1.165) is 25.9 Å². The fraction of sp³-hybridized carbons (Fsp3) is 0.917. The monoisotopic (exact) mass is 228 g/mol. The lowest BCUT2D eigenvalue weighted by atomic mass is 9.75.